The van der Waals surface area contributed by atoms with Crippen LogP contribution in [0.3, 0.4) is 0 Å². The van der Waals surface area contributed by atoms with Gasteiger partial charge in [-0.15, -0.1) is 11.3 Å². The lowest BCUT2D eigenvalue weighted by atomic mass is 10.1. The van der Waals surface area contributed by atoms with Crippen LogP contribution in [-0.4, -0.2) is 29.7 Å². The molecule has 0 bridgehead atoms. The maximum Gasteiger partial charge on any atom is 0.203 e. The minimum absolute atomic E-state index is 0.791. The summed E-state index contributed by atoms with van der Waals surface area (Å²) in [5.74, 6) is 0. The smallest absolute Gasteiger partial charge is 0.203 e. The molecule has 0 aliphatic heterocycles. The monoisotopic (exact) mass is 378 g/mol. The highest BCUT2D eigenvalue weighted by atomic mass is 32.1. The van der Waals surface area contributed by atoms with E-state index in [1.807, 2.05) is 29.8 Å². The van der Waals surface area contributed by atoms with Crippen molar-refractivity contribution in [1.82, 2.24) is 9.88 Å². The summed E-state index contributed by atoms with van der Waals surface area (Å²) in [5, 5.41) is 7.14. The Morgan fingerprint density at radius 1 is 1.11 bits per heavy atom. The molecule has 3 aromatic rings. The van der Waals surface area contributed by atoms with E-state index in [-0.39, 0.29) is 0 Å². The van der Waals surface area contributed by atoms with Crippen LogP contribution < -0.4 is 5.43 Å². The molecule has 0 atom stereocenters. The summed E-state index contributed by atoms with van der Waals surface area (Å²) >= 11 is 1.55. The summed E-state index contributed by atoms with van der Waals surface area (Å²) in [4.78, 5) is 6.93. The first-order chi connectivity index (χ1) is 13.2. The Balaban J connectivity index is 1.52. The fourth-order valence-electron chi connectivity index (χ4n) is 2.76. The second kappa shape index (κ2) is 10.00. The zero-order valence-corrected chi connectivity index (χ0v) is 16.7. The van der Waals surface area contributed by atoms with E-state index < -0.39 is 0 Å². The number of hydrazone groups is 1. The van der Waals surface area contributed by atoms with Gasteiger partial charge < -0.3 is 4.90 Å². The quantitative estimate of drug-likeness (QED) is 0.395. The van der Waals surface area contributed by atoms with Gasteiger partial charge in [0.1, 0.15) is 0 Å². The number of aromatic nitrogens is 1. The Morgan fingerprint density at radius 3 is 2.63 bits per heavy atom. The molecular weight excluding hydrogens is 352 g/mol. The first-order valence-electron chi connectivity index (χ1n) is 9.32. The third-order valence-corrected chi connectivity index (χ3v) is 5.02. The first-order valence-corrected chi connectivity index (χ1v) is 10.2. The van der Waals surface area contributed by atoms with Gasteiger partial charge in [-0.25, -0.2) is 4.98 Å². The van der Waals surface area contributed by atoms with Crippen molar-refractivity contribution in [3.63, 3.8) is 0 Å². The van der Waals surface area contributed by atoms with Gasteiger partial charge in [-0.1, -0.05) is 67.9 Å². The van der Waals surface area contributed by atoms with Crippen LogP contribution in [0.15, 0.2) is 65.1 Å². The fraction of sp³-hybridized carbons (Fsp3) is 0.273. The van der Waals surface area contributed by atoms with Crippen molar-refractivity contribution in [2.45, 2.75) is 26.3 Å². The molecule has 0 amide bonds. The Hall–Kier alpha value is -2.50. The van der Waals surface area contributed by atoms with E-state index in [1.165, 1.54) is 18.4 Å². The number of thiazole rings is 1. The summed E-state index contributed by atoms with van der Waals surface area (Å²) in [6.45, 7) is 4.35. The van der Waals surface area contributed by atoms with E-state index >= 15 is 0 Å². The van der Waals surface area contributed by atoms with Gasteiger partial charge in [-0.3, -0.25) is 5.43 Å². The fourth-order valence-corrected chi connectivity index (χ4v) is 3.43. The van der Waals surface area contributed by atoms with Crippen molar-refractivity contribution >= 4 is 22.7 Å². The molecule has 0 saturated carbocycles. The maximum absolute atomic E-state index is 4.57. The van der Waals surface area contributed by atoms with Gasteiger partial charge in [0, 0.05) is 17.5 Å². The molecule has 1 N–H and O–H groups in total. The third kappa shape index (κ3) is 6.01. The molecular formula is C22H26N4S. The summed E-state index contributed by atoms with van der Waals surface area (Å²) in [6, 6.07) is 18.7. The summed E-state index contributed by atoms with van der Waals surface area (Å²) in [6.07, 6.45) is 4.31. The van der Waals surface area contributed by atoms with Crippen molar-refractivity contribution < 1.29 is 0 Å². The molecule has 3 rings (SSSR count). The lowest BCUT2D eigenvalue weighted by molar-refractivity contribution is 0.321. The number of rotatable bonds is 9. The molecule has 0 unspecified atom stereocenters. The third-order valence-electron chi connectivity index (χ3n) is 4.27. The van der Waals surface area contributed by atoms with Crippen LogP contribution in [0.25, 0.3) is 11.3 Å². The second-order valence-electron chi connectivity index (χ2n) is 6.61. The van der Waals surface area contributed by atoms with Crippen LogP contribution in [0.1, 0.15) is 30.9 Å². The summed E-state index contributed by atoms with van der Waals surface area (Å²) in [5.41, 5.74) is 7.50. The highest BCUT2D eigenvalue weighted by Gasteiger charge is 2.03. The van der Waals surface area contributed by atoms with Crippen LogP contribution in [0.4, 0.5) is 5.13 Å². The van der Waals surface area contributed by atoms with Crippen LogP contribution in [-0.2, 0) is 6.54 Å². The van der Waals surface area contributed by atoms with E-state index in [1.54, 1.807) is 11.3 Å². The molecule has 0 spiro atoms. The van der Waals surface area contributed by atoms with Gasteiger partial charge in [-0.05, 0) is 31.1 Å². The molecule has 140 valence electrons. The number of nitrogens with one attached hydrogen (secondary N) is 1. The first kappa shape index (κ1) is 19.3. The topological polar surface area (TPSA) is 40.5 Å². The van der Waals surface area contributed by atoms with Crippen LogP contribution >= 0.6 is 11.3 Å². The minimum atomic E-state index is 0.791. The average Bonchev–Trinajstić information content (AvgIpc) is 3.17. The Morgan fingerprint density at radius 2 is 1.89 bits per heavy atom. The Kier molecular flexibility index (Phi) is 7.13. The predicted molar refractivity (Wildman–Crippen MR) is 116 cm³/mol. The van der Waals surface area contributed by atoms with Gasteiger partial charge in [-0.2, -0.15) is 5.10 Å². The maximum atomic E-state index is 4.57. The van der Waals surface area contributed by atoms with E-state index in [9.17, 15) is 0 Å². The summed E-state index contributed by atoms with van der Waals surface area (Å²) in [7, 11) is 2.17. The van der Waals surface area contributed by atoms with Crippen LogP contribution in [0.5, 0.6) is 0 Å². The van der Waals surface area contributed by atoms with Crippen molar-refractivity contribution in [3.05, 3.63) is 71.1 Å². The van der Waals surface area contributed by atoms with Crippen LogP contribution in [0, 0.1) is 0 Å². The normalized spacial score (nSPS) is 11.4. The van der Waals surface area contributed by atoms with E-state index in [2.05, 4.69) is 70.8 Å². The molecule has 0 aliphatic rings. The Bertz CT molecular complexity index is 840. The number of nitrogens with zero attached hydrogens (tertiary/aromatic N) is 3. The van der Waals surface area contributed by atoms with Crippen molar-refractivity contribution in [2.75, 3.05) is 19.0 Å². The Labute approximate surface area is 165 Å². The standard InChI is InChI=1S/C22H26N4S/c1-3-4-14-26(2)16-19-12-10-18(11-13-19)15-23-25-22-24-21(17-27-22)20-8-6-5-7-9-20/h5-13,15,17H,3-4,14,16H2,1-2H3,(H,24,25). The molecule has 1 heterocycles. The van der Waals surface area contributed by atoms with Gasteiger partial charge in [0.25, 0.3) is 0 Å². The van der Waals surface area contributed by atoms with Gasteiger partial charge in [0.2, 0.25) is 5.13 Å². The minimum Gasteiger partial charge on any atom is -0.302 e. The van der Waals surface area contributed by atoms with Gasteiger partial charge in [0.05, 0.1) is 11.9 Å². The highest BCUT2D eigenvalue weighted by Crippen LogP contribution is 2.24. The van der Waals surface area contributed by atoms with Crippen molar-refractivity contribution in [1.29, 1.82) is 0 Å². The number of unbranched alkanes of at least 4 members (excludes halogenated alkanes) is 1. The molecule has 5 heteroatoms. The number of hydrogen-bond donors (Lipinski definition) is 1. The van der Waals surface area contributed by atoms with Crippen LogP contribution in [0.2, 0.25) is 0 Å². The van der Waals surface area contributed by atoms with E-state index in [0.29, 0.717) is 0 Å². The number of hydrogen-bond acceptors (Lipinski definition) is 5. The van der Waals surface area contributed by atoms with E-state index in [0.717, 1.165) is 35.0 Å². The molecule has 0 radical (unpaired) electrons. The second-order valence-corrected chi connectivity index (χ2v) is 7.46. The number of anilines is 1. The molecule has 0 fully saturated rings. The van der Waals surface area contributed by atoms with Crippen molar-refractivity contribution in [3.8, 4) is 11.3 Å². The SMILES string of the molecule is CCCCN(C)Cc1ccc(C=NNc2nc(-c3ccccc3)cs2)cc1. The molecule has 4 nitrogen and oxygen atoms in total. The predicted octanol–water partition coefficient (Wildman–Crippen LogP) is 5.49. The highest BCUT2D eigenvalue weighted by molar-refractivity contribution is 7.14. The molecule has 0 saturated heterocycles. The lowest BCUT2D eigenvalue weighted by Gasteiger charge is -2.16. The average molecular weight is 379 g/mol. The van der Waals surface area contributed by atoms with Gasteiger partial charge in [0.15, 0.2) is 0 Å². The molecule has 27 heavy (non-hydrogen) atoms. The van der Waals surface area contributed by atoms with E-state index in [4.69, 9.17) is 0 Å². The van der Waals surface area contributed by atoms with Crippen molar-refractivity contribution in [2.24, 2.45) is 5.10 Å². The van der Waals surface area contributed by atoms with Gasteiger partial charge >= 0.3 is 0 Å². The largest absolute Gasteiger partial charge is 0.302 e. The molecule has 2 aromatic carbocycles. The lowest BCUT2D eigenvalue weighted by Crippen LogP contribution is -2.18. The number of benzene rings is 2. The zero-order valence-electron chi connectivity index (χ0n) is 15.9. The summed E-state index contributed by atoms with van der Waals surface area (Å²) < 4.78 is 0. The zero-order chi connectivity index (χ0) is 18.9. The molecule has 1 aromatic heterocycles. The molecule has 0 aliphatic carbocycles.